The van der Waals surface area contributed by atoms with Crippen molar-refractivity contribution in [2.45, 2.75) is 13.3 Å². The Morgan fingerprint density at radius 3 is 3.06 bits per heavy atom. The van der Waals surface area contributed by atoms with Gasteiger partial charge in [0.15, 0.2) is 0 Å². The van der Waals surface area contributed by atoms with Crippen molar-refractivity contribution in [2.75, 3.05) is 33.3 Å². The van der Waals surface area contributed by atoms with Crippen molar-refractivity contribution in [1.82, 2.24) is 10.2 Å². The van der Waals surface area contributed by atoms with Gasteiger partial charge in [-0.3, -0.25) is 4.79 Å². The highest BCUT2D eigenvalue weighted by Gasteiger charge is 2.22. The first-order valence-corrected chi connectivity index (χ1v) is 6.68. The summed E-state index contributed by atoms with van der Waals surface area (Å²) in [7, 11) is 1.61. The molecule has 5 heteroatoms. The molecule has 0 atom stereocenters. The maximum absolute atomic E-state index is 12.4. The summed E-state index contributed by atoms with van der Waals surface area (Å²) in [5.74, 6) is 0.804. The van der Waals surface area contributed by atoms with E-state index in [1.165, 1.54) is 11.3 Å². The fourth-order valence-corrected chi connectivity index (χ4v) is 2.93. The number of nitrogens with one attached hydrogen (secondary N) is 1. The van der Waals surface area contributed by atoms with Crippen LogP contribution in [0, 0.1) is 6.92 Å². The summed E-state index contributed by atoms with van der Waals surface area (Å²) in [6.45, 7) is 5.46. The Kier molecular flexibility index (Phi) is 4.02. The molecular weight excluding hydrogens is 236 g/mol. The van der Waals surface area contributed by atoms with E-state index >= 15 is 0 Å². The molecule has 17 heavy (non-hydrogen) atoms. The van der Waals surface area contributed by atoms with Crippen LogP contribution in [0.5, 0.6) is 5.75 Å². The van der Waals surface area contributed by atoms with Crippen LogP contribution in [0.2, 0.25) is 0 Å². The minimum Gasteiger partial charge on any atom is -0.495 e. The van der Waals surface area contributed by atoms with Gasteiger partial charge in [-0.2, -0.15) is 0 Å². The number of aryl methyl sites for hydroxylation is 1. The fourth-order valence-electron chi connectivity index (χ4n) is 1.98. The highest BCUT2D eigenvalue weighted by Crippen LogP contribution is 2.29. The zero-order chi connectivity index (χ0) is 12.3. The first-order valence-electron chi connectivity index (χ1n) is 5.87. The Morgan fingerprint density at radius 1 is 1.47 bits per heavy atom. The number of amides is 1. The lowest BCUT2D eigenvalue weighted by Crippen LogP contribution is -2.33. The monoisotopic (exact) mass is 254 g/mol. The fraction of sp³-hybridized carbons (Fsp3) is 0.583. The van der Waals surface area contributed by atoms with Crippen molar-refractivity contribution in [3.8, 4) is 5.75 Å². The van der Waals surface area contributed by atoms with E-state index < -0.39 is 0 Å². The van der Waals surface area contributed by atoms with Gasteiger partial charge < -0.3 is 15.0 Å². The largest absolute Gasteiger partial charge is 0.495 e. The smallest absolute Gasteiger partial charge is 0.267 e. The summed E-state index contributed by atoms with van der Waals surface area (Å²) in [6, 6.07) is 1.92. The van der Waals surface area contributed by atoms with E-state index in [0.29, 0.717) is 5.75 Å². The number of carbonyl (C=O) groups is 1. The molecule has 2 rings (SSSR count). The number of carbonyl (C=O) groups excluding carboxylic acids is 1. The Labute approximate surface area is 106 Å². The molecule has 1 saturated heterocycles. The molecule has 1 N–H and O–H groups in total. The molecule has 0 saturated carbocycles. The Bertz CT molecular complexity index is 395. The number of methoxy groups -OCH3 is 1. The maximum atomic E-state index is 12.4. The van der Waals surface area contributed by atoms with Crippen LogP contribution in [0.15, 0.2) is 6.07 Å². The van der Waals surface area contributed by atoms with Gasteiger partial charge >= 0.3 is 0 Å². The van der Waals surface area contributed by atoms with Gasteiger partial charge in [0.2, 0.25) is 0 Å². The molecule has 2 heterocycles. The number of rotatable bonds is 2. The van der Waals surface area contributed by atoms with E-state index in [1.807, 2.05) is 17.9 Å². The van der Waals surface area contributed by atoms with Crippen molar-refractivity contribution >= 4 is 17.2 Å². The Hall–Kier alpha value is -1.07. The van der Waals surface area contributed by atoms with Crippen molar-refractivity contribution in [3.05, 3.63) is 15.8 Å². The predicted molar refractivity (Wildman–Crippen MR) is 69.0 cm³/mol. The zero-order valence-corrected chi connectivity index (χ0v) is 11.1. The van der Waals surface area contributed by atoms with Crippen LogP contribution < -0.4 is 10.1 Å². The van der Waals surface area contributed by atoms with Gasteiger partial charge in [0.05, 0.1) is 7.11 Å². The van der Waals surface area contributed by atoms with Crippen LogP contribution in [0.25, 0.3) is 0 Å². The van der Waals surface area contributed by atoms with Gasteiger partial charge in [-0.1, -0.05) is 0 Å². The van der Waals surface area contributed by atoms with Crippen molar-refractivity contribution in [1.29, 1.82) is 0 Å². The molecule has 1 aromatic rings. The lowest BCUT2D eigenvalue weighted by atomic mass is 10.3. The zero-order valence-electron chi connectivity index (χ0n) is 10.3. The molecule has 1 amide bonds. The molecule has 1 aliphatic rings. The van der Waals surface area contributed by atoms with Crippen LogP contribution in [0.1, 0.15) is 21.0 Å². The first kappa shape index (κ1) is 12.4. The summed E-state index contributed by atoms with van der Waals surface area (Å²) in [5.41, 5.74) is 0. The van der Waals surface area contributed by atoms with Gasteiger partial charge in [-0.15, -0.1) is 11.3 Å². The summed E-state index contributed by atoms with van der Waals surface area (Å²) >= 11 is 1.51. The molecule has 1 aliphatic heterocycles. The number of hydrogen-bond donors (Lipinski definition) is 1. The molecule has 0 aromatic carbocycles. The predicted octanol–water partition coefficient (Wildman–Crippen LogP) is 1.50. The molecule has 0 unspecified atom stereocenters. The molecule has 94 valence electrons. The topological polar surface area (TPSA) is 41.6 Å². The summed E-state index contributed by atoms with van der Waals surface area (Å²) in [6.07, 6.45) is 1.01. The van der Waals surface area contributed by atoms with E-state index in [-0.39, 0.29) is 5.91 Å². The average Bonchev–Trinajstić information content (AvgIpc) is 2.55. The van der Waals surface area contributed by atoms with Gasteiger partial charge in [0.1, 0.15) is 10.6 Å². The minimum atomic E-state index is 0.101. The highest BCUT2D eigenvalue weighted by atomic mass is 32.1. The van der Waals surface area contributed by atoms with Crippen molar-refractivity contribution in [3.63, 3.8) is 0 Å². The maximum Gasteiger partial charge on any atom is 0.267 e. The van der Waals surface area contributed by atoms with Crippen LogP contribution in [-0.4, -0.2) is 44.1 Å². The summed E-state index contributed by atoms with van der Waals surface area (Å²) in [5, 5.41) is 3.30. The summed E-state index contributed by atoms with van der Waals surface area (Å²) < 4.78 is 5.26. The second-order valence-corrected chi connectivity index (χ2v) is 5.41. The van der Waals surface area contributed by atoms with E-state index in [0.717, 1.165) is 42.4 Å². The average molecular weight is 254 g/mol. The second-order valence-electron chi connectivity index (χ2n) is 4.15. The normalized spacial score (nSPS) is 16.7. The standard InChI is InChI=1S/C12H18N2O2S/c1-9-8-10(16-2)11(17-9)12(15)14-6-3-4-13-5-7-14/h8,13H,3-7H2,1-2H3. The third-order valence-electron chi connectivity index (χ3n) is 2.86. The van der Waals surface area contributed by atoms with Crippen LogP contribution >= 0.6 is 11.3 Å². The van der Waals surface area contributed by atoms with Gasteiger partial charge in [0, 0.05) is 24.5 Å². The van der Waals surface area contributed by atoms with Crippen molar-refractivity contribution in [2.24, 2.45) is 0 Å². The number of ether oxygens (including phenoxy) is 1. The van der Waals surface area contributed by atoms with E-state index in [9.17, 15) is 4.79 Å². The van der Waals surface area contributed by atoms with Crippen molar-refractivity contribution < 1.29 is 9.53 Å². The van der Waals surface area contributed by atoms with E-state index in [2.05, 4.69) is 5.32 Å². The van der Waals surface area contributed by atoms with Crippen LogP contribution in [0.4, 0.5) is 0 Å². The SMILES string of the molecule is COc1cc(C)sc1C(=O)N1CCCNCC1. The first-order chi connectivity index (χ1) is 8.22. The quantitative estimate of drug-likeness (QED) is 0.869. The van der Waals surface area contributed by atoms with Gasteiger partial charge in [-0.05, 0) is 26.0 Å². The minimum absolute atomic E-state index is 0.101. The Balaban J connectivity index is 2.17. The molecule has 1 fully saturated rings. The molecule has 0 aliphatic carbocycles. The Morgan fingerprint density at radius 2 is 2.29 bits per heavy atom. The van der Waals surface area contributed by atoms with Crippen LogP contribution in [0.3, 0.4) is 0 Å². The molecule has 0 radical (unpaired) electrons. The molecule has 0 spiro atoms. The highest BCUT2D eigenvalue weighted by molar-refractivity contribution is 7.14. The van der Waals surface area contributed by atoms with Gasteiger partial charge in [0.25, 0.3) is 5.91 Å². The molecule has 1 aromatic heterocycles. The molecule has 0 bridgehead atoms. The number of thiophene rings is 1. The third-order valence-corrected chi connectivity index (χ3v) is 3.88. The lowest BCUT2D eigenvalue weighted by molar-refractivity contribution is 0.0768. The molecule has 4 nitrogen and oxygen atoms in total. The van der Waals surface area contributed by atoms with E-state index in [1.54, 1.807) is 7.11 Å². The van der Waals surface area contributed by atoms with Gasteiger partial charge in [-0.25, -0.2) is 0 Å². The number of nitrogens with zero attached hydrogens (tertiary/aromatic N) is 1. The van der Waals surface area contributed by atoms with E-state index in [4.69, 9.17) is 4.74 Å². The molecular formula is C12H18N2O2S. The lowest BCUT2D eigenvalue weighted by Gasteiger charge is -2.19. The third kappa shape index (κ3) is 2.79. The summed E-state index contributed by atoms with van der Waals surface area (Å²) in [4.78, 5) is 16.1. The second kappa shape index (κ2) is 5.51. The number of hydrogen-bond acceptors (Lipinski definition) is 4. The van der Waals surface area contributed by atoms with Crippen LogP contribution in [-0.2, 0) is 0 Å².